The molecule has 1 aromatic carbocycles. The van der Waals surface area contributed by atoms with Gasteiger partial charge in [0, 0.05) is 16.3 Å². The van der Waals surface area contributed by atoms with E-state index in [2.05, 4.69) is 15.0 Å². The minimum Gasteiger partial charge on any atom is -0.444 e. The van der Waals surface area contributed by atoms with Crippen molar-refractivity contribution in [1.29, 1.82) is 5.26 Å². The highest BCUT2D eigenvalue weighted by Gasteiger charge is 2.09. The molecule has 2 aromatic heterocycles. The molecule has 3 aromatic rings. The van der Waals surface area contributed by atoms with E-state index in [1.807, 2.05) is 18.2 Å². The molecule has 3 rings (SSSR count). The molecule has 0 spiro atoms. The Morgan fingerprint density at radius 1 is 1.26 bits per heavy atom. The molecule has 23 heavy (non-hydrogen) atoms. The Kier molecular flexibility index (Phi) is 4.46. The second kappa shape index (κ2) is 6.69. The third-order valence-electron chi connectivity index (χ3n) is 2.91. The molecular weight excluding hydrogens is 334 g/mol. The molecule has 8 heteroatoms. The van der Waals surface area contributed by atoms with Gasteiger partial charge in [-0.2, -0.15) is 5.26 Å². The van der Waals surface area contributed by atoms with Gasteiger partial charge in [0.1, 0.15) is 23.7 Å². The maximum Gasteiger partial charge on any atom is 0.226 e. The van der Waals surface area contributed by atoms with Gasteiger partial charge < -0.3 is 10.2 Å². The Morgan fingerprint density at radius 2 is 2.04 bits per heavy atom. The summed E-state index contributed by atoms with van der Waals surface area (Å²) in [5.41, 5.74) is 7.53. The van der Waals surface area contributed by atoms with Gasteiger partial charge in [-0.25, -0.2) is 15.0 Å². The minimum absolute atomic E-state index is 0.173. The number of nitrogens with zero attached hydrogens (tertiary/aromatic N) is 4. The molecule has 0 atom stereocenters. The van der Waals surface area contributed by atoms with Crippen molar-refractivity contribution in [1.82, 2.24) is 15.0 Å². The third kappa shape index (κ3) is 3.62. The van der Waals surface area contributed by atoms with E-state index in [4.69, 9.17) is 27.0 Å². The average molecular weight is 344 g/mol. The van der Waals surface area contributed by atoms with E-state index in [1.54, 1.807) is 18.4 Å². The predicted molar refractivity (Wildman–Crippen MR) is 87.7 cm³/mol. The molecule has 0 aliphatic rings. The number of nitrogen functional groups attached to an aromatic ring is 1. The standard InChI is InChI=1S/C15H10ClN5OS/c16-11-3-1-9(2-4-11)14-20-12(7-22-14)8-23-15-19-6-10(5-17)13(18)21-15/h1-4,6-7H,8H2,(H2,18,19,21). The highest BCUT2D eigenvalue weighted by molar-refractivity contribution is 7.98. The van der Waals surface area contributed by atoms with E-state index < -0.39 is 0 Å². The molecule has 6 nitrogen and oxygen atoms in total. The number of aromatic nitrogens is 3. The first-order chi connectivity index (χ1) is 11.2. The fraction of sp³-hybridized carbons (Fsp3) is 0.0667. The number of hydrogen-bond acceptors (Lipinski definition) is 7. The lowest BCUT2D eigenvalue weighted by Gasteiger charge is -2.00. The van der Waals surface area contributed by atoms with Gasteiger partial charge >= 0.3 is 0 Å². The molecule has 2 N–H and O–H groups in total. The van der Waals surface area contributed by atoms with Crippen molar-refractivity contribution in [3.63, 3.8) is 0 Å². The molecule has 0 aliphatic carbocycles. The number of nitrogens with two attached hydrogens (primary N) is 1. The summed E-state index contributed by atoms with van der Waals surface area (Å²) in [4.78, 5) is 12.6. The average Bonchev–Trinajstić information content (AvgIpc) is 3.03. The molecule has 114 valence electrons. The topological polar surface area (TPSA) is 102 Å². The number of hydrogen-bond donors (Lipinski definition) is 1. The lowest BCUT2D eigenvalue weighted by molar-refractivity contribution is 0.573. The van der Waals surface area contributed by atoms with Gasteiger partial charge in [-0.3, -0.25) is 0 Å². The summed E-state index contributed by atoms with van der Waals surface area (Å²) < 4.78 is 5.46. The molecule has 0 saturated carbocycles. The number of rotatable bonds is 4. The molecule has 0 bridgehead atoms. The SMILES string of the molecule is N#Cc1cnc(SCc2coc(-c3ccc(Cl)cc3)n2)nc1N. The van der Waals surface area contributed by atoms with E-state index >= 15 is 0 Å². The molecule has 0 fully saturated rings. The van der Waals surface area contributed by atoms with Gasteiger partial charge in [0.2, 0.25) is 5.89 Å². The van der Waals surface area contributed by atoms with Crippen molar-refractivity contribution < 1.29 is 4.42 Å². The Balaban J connectivity index is 1.69. The molecular formula is C15H10ClN5OS. The predicted octanol–water partition coefficient (Wildman–Crippen LogP) is 3.53. The van der Waals surface area contributed by atoms with Crippen molar-refractivity contribution in [2.75, 3.05) is 5.73 Å². The number of oxazole rings is 1. The first-order valence-corrected chi connectivity index (χ1v) is 7.88. The summed E-state index contributed by atoms with van der Waals surface area (Å²) in [5, 5.41) is 9.94. The lowest BCUT2D eigenvalue weighted by Crippen LogP contribution is -1.98. The highest BCUT2D eigenvalue weighted by Crippen LogP contribution is 2.24. The quantitative estimate of drug-likeness (QED) is 0.571. The van der Waals surface area contributed by atoms with Gasteiger partial charge in [0.05, 0.1) is 11.9 Å². The van der Waals surface area contributed by atoms with Crippen molar-refractivity contribution >= 4 is 29.2 Å². The van der Waals surface area contributed by atoms with Crippen LogP contribution in [0.3, 0.4) is 0 Å². The van der Waals surface area contributed by atoms with Crippen LogP contribution < -0.4 is 5.73 Å². The summed E-state index contributed by atoms with van der Waals surface area (Å²) in [6, 6.07) is 9.17. The van der Waals surface area contributed by atoms with Crippen LogP contribution >= 0.6 is 23.4 Å². The fourth-order valence-electron chi connectivity index (χ4n) is 1.77. The first kappa shape index (κ1) is 15.3. The highest BCUT2D eigenvalue weighted by atomic mass is 35.5. The van der Waals surface area contributed by atoms with Crippen molar-refractivity contribution in [2.45, 2.75) is 10.9 Å². The zero-order valence-electron chi connectivity index (χ0n) is 11.7. The van der Waals surface area contributed by atoms with E-state index in [-0.39, 0.29) is 11.4 Å². The van der Waals surface area contributed by atoms with Crippen LogP contribution in [0.4, 0.5) is 5.82 Å². The molecule has 0 unspecified atom stereocenters. The van der Waals surface area contributed by atoms with Crippen molar-refractivity contribution in [3.05, 3.63) is 53.0 Å². The maximum absolute atomic E-state index is 8.80. The number of nitriles is 1. The third-order valence-corrected chi connectivity index (χ3v) is 4.06. The Bertz CT molecular complexity index is 872. The summed E-state index contributed by atoms with van der Waals surface area (Å²) >= 11 is 7.22. The van der Waals surface area contributed by atoms with Crippen LogP contribution in [0, 0.1) is 11.3 Å². The number of halogens is 1. The second-order valence-electron chi connectivity index (χ2n) is 4.50. The van der Waals surface area contributed by atoms with Crippen LogP contribution in [0.25, 0.3) is 11.5 Å². The molecule has 2 heterocycles. The number of anilines is 1. The van der Waals surface area contributed by atoms with E-state index in [0.29, 0.717) is 21.8 Å². The molecule has 0 radical (unpaired) electrons. The zero-order chi connectivity index (χ0) is 16.2. The molecule has 0 saturated heterocycles. The fourth-order valence-corrected chi connectivity index (χ4v) is 2.60. The van der Waals surface area contributed by atoms with Crippen LogP contribution in [0.1, 0.15) is 11.3 Å². The van der Waals surface area contributed by atoms with Crippen LogP contribution in [0.15, 0.2) is 46.3 Å². The number of thioether (sulfide) groups is 1. The van der Waals surface area contributed by atoms with E-state index in [0.717, 1.165) is 11.3 Å². The van der Waals surface area contributed by atoms with E-state index in [9.17, 15) is 0 Å². The van der Waals surface area contributed by atoms with Crippen LogP contribution in [0.2, 0.25) is 5.02 Å². The normalized spacial score (nSPS) is 10.4. The summed E-state index contributed by atoms with van der Waals surface area (Å²) in [6.45, 7) is 0. The van der Waals surface area contributed by atoms with Crippen molar-refractivity contribution in [2.24, 2.45) is 0 Å². The molecule has 0 amide bonds. The first-order valence-electron chi connectivity index (χ1n) is 6.51. The summed E-state index contributed by atoms with van der Waals surface area (Å²) in [7, 11) is 0. The van der Waals surface area contributed by atoms with Gasteiger partial charge in [-0.05, 0) is 24.3 Å². The largest absolute Gasteiger partial charge is 0.444 e. The summed E-state index contributed by atoms with van der Waals surface area (Å²) in [5.74, 6) is 1.23. The zero-order valence-corrected chi connectivity index (χ0v) is 13.3. The van der Waals surface area contributed by atoms with Crippen molar-refractivity contribution in [3.8, 4) is 17.5 Å². The Labute approximate surface area is 141 Å². The van der Waals surface area contributed by atoms with E-state index in [1.165, 1.54) is 18.0 Å². The Hall–Kier alpha value is -2.56. The summed E-state index contributed by atoms with van der Waals surface area (Å²) in [6.07, 6.45) is 3.00. The minimum atomic E-state index is 0.173. The lowest BCUT2D eigenvalue weighted by atomic mass is 10.2. The number of benzene rings is 1. The van der Waals surface area contributed by atoms with Gasteiger partial charge in [-0.1, -0.05) is 23.4 Å². The smallest absolute Gasteiger partial charge is 0.226 e. The van der Waals surface area contributed by atoms with Gasteiger partial charge in [-0.15, -0.1) is 0 Å². The maximum atomic E-state index is 8.80. The second-order valence-corrected chi connectivity index (χ2v) is 5.88. The van der Waals surface area contributed by atoms with Crippen LogP contribution in [-0.2, 0) is 5.75 Å². The van der Waals surface area contributed by atoms with Crippen LogP contribution in [0.5, 0.6) is 0 Å². The molecule has 0 aliphatic heterocycles. The van der Waals surface area contributed by atoms with Gasteiger partial charge in [0.25, 0.3) is 0 Å². The van der Waals surface area contributed by atoms with Gasteiger partial charge in [0.15, 0.2) is 5.16 Å². The van der Waals surface area contributed by atoms with Crippen LogP contribution in [-0.4, -0.2) is 15.0 Å². The Morgan fingerprint density at radius 3 is 2.74 bits per heavy atom. The monoisotopic (exact) mass is 343 g/mol.